The summed E-state index contributed by atoms with van der Waals surface area (Å²) in [6, 6.07) is 10.7. The third-order valence-corrected chi connectivity index (χ3v) is 5.39. The zero-order valence-electron chi connectivity index (χ0n) is 14.6. The molecule has 27 heavy (non-hydrogen) atoms. The highest BCUT2D eigenvalue weighted by Crippen LogP contribution is 2.28. The molecular formula is C18H18N2O6S. The fourth-order valence-electron chi connectivity index (χ4n) is 2.38. The Hall–Kier alpha value is -3.20. The van der Waals surface area contributed by atoms with Crippen molar-refractivity contribution < 1.29 is 22.9 Å². The van der Waals surface area contributed by atoms with Crippen molar-refractivity contribution >= 4 is 27.4 Å². The van der Waals surface area contributed by atoms with E-state index >= 15 is 0 Å². The van der Waals surface area contributed by atoms with Crippen LogP contribution in [0, 0.1) is 10.1 Å². The quantitative estimate of drug-likeness (QED) is 0.297. The lowest BCUT2D eigenvalue weighted by Crippen LogP contribution is -2.32. The average Bonchev–Trinajstić information content (AvgIpc) is 2.66. The molecule has 2 rings (SSSR count). The molecule has 2 aromatic carbocycles. The van der Waals surface area contributed by atoms with E-state index in [1.807, 2.05) is 0 Å². The van der Waals surface area contributed by atoms with Crippen molar-refractivity contribution in [3.8, 4) is 0 Å². The van der Waals surface area contributed by atoms with E-state index in [1.54, 1.807) is 19.1 Å². The van der Waals surface area contributed by atoms with Crippen molar-refractivity contribution in [2.45, 2.75) is 11.8 Å². The number of non-ortho nitro benzene ring substituents is 1. The number of hydrogen-bond acceptors (Lipinski definition) is 6. The van der Waals surface area contributed by atoms with Gasteiger partial charge in [0.2, 0.25) is 0 Å². The number of para-hydroxylation sites is 1. The van der Waals surface area contributed by atoms with Gasteiger partial charge in [0.15, 0.2) is 0 Å². The van der Waals surface area contributed by atoms with E-state index in [1.165, 1.54) is 18.2 Å². The largest absolute Gasteiger partial charge is 0.462 e. The van der Waals surface area contributed by atoms with Gasteiger partial charge in [-0.3, -0.25) is 14.4 Å². The molecule has 0 heterocycles. The number of sulfonamides is 1. The second kappa shape index (κ2) is 8.45. The van der Waals surface area contributed by atoms with Crippen LogP contribution in [0.25, 0.3) is 0 Å². The minimum Gasteiger partial charge on any atom is -0.462 e. The average molecular weight is 390 g/mol. The molecule has 0 radical (unpaired) electrons. The van der Waals surface area contributed by atoms with Gasteiger partial charge < -0.3 is 4.74 Å². The molecule has 0 aliphatic carbocycles. The summed E-state index contributed by atoms with van der Waals surface area (Å²) in [6.45, 7) is 5.26. The van der Waals surface area contributed by atoms with Crippen LogP contribution in [0.2, 0.25) is 0 Å². The molecule has 0 atom stereocenters. The molecule has 8 nitrogen and oxygen atoms in total. The zero-order chi connectivity index (χ0) is 20.0. The van der Waals surface area contributed by atoms with Crippen LogP contribution in [0.1, 0.15) is 17.3 Å². The van der Waals surface area contributed by atoms with Crippen molar-refractivity contribution in [3.63, 3.8) is 0 Å². The standard InChI is InChI=1S/C18H18N2O6S/c1-3-13-19(17-8-6-5-7-16(17)18(21)26-4-2)27(24,25)15-11-9-14(10-12-15)20(22)23/h3,5-12H,1,4,13H2,2H3. The Morgan fingerprint density at radius 1 is 1.22 bits per heavy atom. The third-order valence-electron chi connectivity index (χ3n) is 3.60. The number of benzene rings is 2. The zero-order valence-corrected chi connectivity index (χ0v) is 15.4. The maximum absolute atomic E-state index is 13.1. The molecule has 2 aromatic rings. The van der Waals surface area contributed by atoms with E-state index in [2.05, 4.69) is 6.58 Å². The van der Waals surface area contributed by atoms with Crippen molar-refractivity contribution in [2.75, 3.05) is 17.5 Å². The molecule has 9 heteroatoms. The van der Waals surface area contributed by atoms with E-state index < -0.39 is 20.9 Å². The van der Waals surface area contributed by atoms with E-state index in [9.17, 15) is 23.3 Å². The predicted molar refractivity (Wildman–Crippen MR) is 100 cm³/mol. The number of anilines is 1. The Labute approximate surface area is 156 Å². The van der Waals surface area contributed by atoms with E-state index in [-0.39, 0.29) is 35.0 Å². The van der Waals surface area contributed by atoms with Crippen LogP contribution in [-0.4, -0.2) is 32.5 Å². The molecule has 0 N–H and O–H groups in total. The molecule has 0 saturated carbocycles. The van der Waals surface area contributed by atoms with Gasteiger partial charge in [0.25, 0.3) is 15.7 Å². The molecule has 0 aliphatic rings. The Morgan fingerprint density at radius 3 is 2.41 bits per heavy atom. The van der Waals surface area contributed by atoms with Gasteiger partial charge >= 0.3 is 5.97 Å². The van der Waals surface area contributed by atoms with E-state index in [4.69, 9.17) is 4.74 Å². The SMILES string of the molecule is C=CCN(c1ccccc1C(=O)OCC)S(=O)(=O)c1ccc([N+](=O)[O-])cc1. The van der Waals surface area contributed by atoms with Crippen molar-refractivity contribution in [1.82, 2.24) is 0 Å². The molecule has 0 unspecified atom stereocenters. The normalized spacial score (nSPS) is 10.9. The van der Waals surface area contributed by atoms with Gasteiger partial charge in [-0.2, -0.15) is 0 Å². The summed E-state index contributed by atoms with van der Waals surface area (Å²) in [5, 5.41) is 10.8. The number of rotatable bonds is 8. The van der Waals surface area contributed by atoms with Crippen molar-refractivity contribution in [3.05, 3.63) is 76.9 Å². The Balaban J connectivity index is 2.55. The lowest BCUT2D eigenvalue weighted by molar-refractivity contribution is -0.384. The van der Waals surface area contributed by atoms with Gasteiger partial charge in [-0.15, -0.1) is 6.58 Å². The first kappa shape index (κ1) is 20.1. The maximum Gasteiger partial charge on any atom is 0.340 e. The minimum absolute atomic E-state index is 0.0895. The highest BCUT2D eigenvalue weighted by molar-refractivity contribution is 7.92. The summed E-state index contributed by atoms with van der Waals surface area (Å²) in [4.78, 5) is 22.2. The summed E-state index contributed by atoms with van der Waals surface area (Å²) in [5.74, 6) is -0.652. The van der Waals surface area contributed by atoms with Crippen LogP contribution in [0.4, 0.5) is 11.4 Å². The lowest BCUT2D eigenvalue weighted by atomic mass is 10.2. The van der Waals surface area contributed by atoms with E-state index in [0.29, 0.717) is 0 Å². The molecular weight excluding hydrogens is 372 g/mol. The number of carbonyl (C=O) groups excluding carboxylic acids is 1. The number of hydrogen-bond donors (Lipinski definition) is 0. The molecule has 0 aromatic heterocycles. The summed E-state index contributed by atoms with van der Waals surface area (Å²) in [5.41, 5.74) is -0.00275. The summed E-state index contributed by atoms with van der Waals surface area (Å²) >= 11 is 0. The Morgan fingerprint density at radius 2 is 1.85 bits per heavy atom. The molecule has 0 spiro atoms. The predicted octanol–water partition coefficient (Wildman–Crippen LogP) is 3.15. The van der Waals surface area contributed by atoms with Gasteiger partial charge in [-0.05, 0) is 31.2 Å². The first-order chi connectivity index (χ1) is 12.8. The number of carbonyl (C=O) groups is 1. The maximum atomic E-state index is 13.1. The van der Waals surface area contributed by atoms with Crippen LogP contribution in [0.15, 0.2) is 66.1 Å². The van der Waals surface area contributed by atoms with Crippen molar-refractivity contribution in [1.29, 1.82) is 0 Å². The molecule has 0 amide bonds. The third kappa shape index (κ3) is 4.32. The second-order valence-corrected chi connectivity index (χ2v) is 7.18. The highest BCUT2D eigenvalue weighted by Gasteiger charge is 2.28. The monoisotopic (exact) mass is 390 g/mol. The van der Waals surface area contributed by atoms with Crippen LogP contribution in [0.3, 0.4) is 0 Å². The van der Waals surface area contributed by atoms with Gasteiger partial charge in [0.05, 0.1) is 34.2 Å². The van der Waals surface area contributed by atoms with Crippen LogP contribution < -0.4 is 4.31 Å². The lowest BCUT2D eigenvalue weighted by Gasteiger charge is -2.25. The number of ether oxygens (including phenoxy) is 1. The Bertz CT molecular complexity index is 954. The fourth-order valence-corrected chi connectivity index (χ4v) is 3.84. The van der Waals surface area contributed by atoms with Gasteiger partial charge in [-0.25, -0.2) is 13.2 Å². The van der Waals surface area contributed by atoms with Gasteiger partial charge in [-0.1, -0.05) is 18.2 Å². The molecule has 0 fully saturated rings. The number of esters is 1. The second-order valence-electron chi connectivity index (χ2n) is 5.31. The molecule has 142 valence electrons. The molecule has 0 aliphatic heterocycles. The Kier molecular flexibility index (Phi) is 6.30. The van der Waals surface area contributed by atoms with E-state index in [0.717, 1.165) is 28.6 Å². The first-order valence-corrected chi connectivity index (χ1v) is 9.41. The molecule has 0 bridgehead atoms. The molecule has 0 saturated heterocycles. The van der Waals surface area contributed by atoms with Crippen LogP contribution in [0.5, 0.6) is 0 Å². The van der Waals surface area contributed by atoms with Gasteiger partial charge in [0.1, 0.15) is 0 Å². The van der Waals surface area contributed by atoms with Gasteiger partial charge in [0, 0.05) is 12.1 Å². The first-order valence-electron chi connectivity index (χ1n) is 7.97. The smallest absolute Gasteiger partial charge is 0.340 e. The van der Waals surface area contributed by atoms with Crippen LogP contribution >= 0.6 is 0 Å². The number of nitro benzene ring substituents is 1. The van der Waals surface area contributed by atoms with Crippen molar-refractivity contribution in [2.24, 2.45) is 0 Å². The highest BCUT2D eigenvalue weighted by atomic mass is 32.2. The topological polar surface area (TPSA) is 107 Å². The van der Waals surface area contributed by atoms with Crippen LogP contribution in [-0.2, 0) is 14.8 Å². The summed E-state index contributed by atoms with van der Waals surface area (Å²) < 4.78 is 32.2. The summed E-state index contributed by atoms with van der Waals surface area (Å²) in [6.07, 6.45) is 1.38. The minimum atomic E-state index is -4.10. The summed E-state index contributed by atoms with van der Waals surface area (Å²) in [7, 11) is -4.10. The fraction of sp³-hybridized carbons (Fsp3) is 0.167. The number of nitro groups is 1. The number of nitrogens with zero attached hydrogens (tertiary/aromatic N) is 2.